The number of halogens is 4. The molecule has 1 heterocycles. The van der Waals surface area contributed by atoms with E-state index in [-0.39, 0.29) is 49.4 Å². The van der Waals surface area contributed by atoms with Gasteiger partial charge in [0.2, 0.25) is 5.89 Å². The zero-order chi connectivity index (χ0) is 20.9. The maximum Gasteiger partial charge on any atom is 0.391 e. The van der Waals surface area contributed by atoms with Gasteiger partial charge in [-0.15, -0.1) is 24.0 Å². The van der Waals surface area contributed by atoms with Crippen LogP contribution in [0.1, 0.15) is 44.1 Å². The van der Waals surface area contributed by atoms with Gasteiger partial charge in [-0.25, -0.2) is 9.98 Å². The first kappa shape index (κ1) is 24.5. The Labute approximate surface area is 192 Å². The molecular formula is C21H28F3IN4O. The molecule has 1 aromatic heterocycles. The molecule has 0 saturated heterocycles. The first-order valence-corrected chi connectivity index (χ1v) is 9.98. The molecule has 1 aromatic carbocycles. The van der Waals surface area contributed by atoms with Crippen LogP contribution in [-0.4, -0.2) is 29.7 Å². The minimum atomic E-state index is -4.14. The first-order valence-electron chi connectivity index (χ1n) is 9.98. The van der Waals surface area contributed by atoms with Gasteiger partial charge in [0.05, 0.1) is 12.1 Å². The Morgan fingerprint density at radius 3 is 2.63 bits per heavy atom. The summed E-state index contributed by atoms with van der Waals surface area (Å²) >= 11 is 0. The van der Waals surface area contributed by atoms with Crippen molar-refractivity contribution in [2.24, 2.45) is 10.9 Å². The van der Waals surface area contributed by atoms with Crippen LogP contribution in [0.25, 0.3) is 11.3 Å². The predicted molar refractivity (Wildman–Crippen MR) is 122 cm³/mol. The Bertz CT molecular complexity index is 820. The summed E-state index contributed by atoms with van der Waals surface area (Å²) in [7, 11) is 0. The third-order valence-corrected chi connectivity index (χ3v) is 5.08. The van der Waals surface area contributed by atoms with E-state index in [1.54, 1.807) is 6.20 Å². The molecule has 1 aliphatic rings. The number of alkyl halides is 3. The van der Waals surface area contributed by atoms with Crippen molar-refractivity contribution in [1.82, 2.24) is 15.6 Å². The molecule has 3 rings (SSSR count). The molecule has 9 heteroatoms. The fraction of sp³-hybridized carbons (Fsp3) is 0.524. The molecule has 0 bridgehead atoms. The first-order chi connectivity index (χ1) is 13.8. The molecule has 1 aliphatic carbocycles. The van der Waals surface area contributed by atoms with Crippen LogP contribution in [0, 0.1) is 12.8 Å². The Morgan fingerprint density at radius 2 is 1.97 bits per heavy atom. The Morgan fingerprint density at radius 1 is 1.23 bits per heavy atom. The SMILES string of the molecule is CCNC(=NCc1ncc(-c2ccc(C)cc2)o1)NC1CCCC(C(F)(F)F)C1.I. The van der Waals surface area contributed by atoms with E-state index in [2.05, 4.69) is 20.6 Å². The van der Waals surface area contributed by atoms with Gasteiger partial charge in [0.25, 0.3) is 0 Å². The number of benzene rings is 1. The second-order valence-corrected chi connectivity index (χ2v) is 7.43. The summed E-state index contributed by atoms with van der Waals surface area (Å²) < 4.78 is 44.9. The van der Waals surface area contributed by atoms with E-state index in [1.165, 1.54) is 0 Å². The van der Waals surface area contributed by atoms with E-state index in [0.717, 1.165) is 11.1 Å². The summed E-state index contributed by atoms with van der Waals surface area (Å²) in [5.41, 5.74) is 2.10. The number of guanidine groups is 1. The van der Waals surface area contributed by atoms with Gasteiger partial charge in [0, 0.05) is 18.2 Å². The zero-order valence-corrected chi connectivity index (χ0v) is 19.5. The Balaban J connectivity index is 0.00000320. The van der Waals surface area contributed by atoms with Crippen molar-refractivity contribution in [3.63, 3.8) is 0 Å². The van der Waals surface area contributed by atoms with Gasteiger partial charge in [0.1, 0.15) is 6.54 Å². The monoisotopic (exact) mass is 536 g/mol. The average Bonchev–Trinajstić information content (AvgIpc) is 3.15. The van der Waals surface area contributed by atoms with Gasteiger partial charge < -0.3 is 15.1 Å². The second kappa shape index (κ2) is 11.0. The number of aromatic nitrogens is 1. The molecule has 0 amide bonds. The fourth-order valence-electron chi connectivity index (χ4n) is 3.51. The molecule has 1 saturated carbocycles. The van der Waals surface area contributed by atoms with Crippen LogP contribution >= 0.6 is 24.0 Å². The smallest absolute Gasteiger partial charge is 0.391 e. The molecule has 2 aromatic rings. The molecule has 1 fully saturated rings. The molecule has 0 spiro atoms. The predicted octanol–water partition coefficient (Wildman–Crippen LogP) is 5.44. The number of hydrogen-bond acceptors (Lipinski definition) is 3. The molecule has 30 heavy (non-hydrogen) atoms. The van der Waals surface area contributed by atoms with Crippen LogP contribution in [0.3, 0.4) is 0 Å². The van der Waals surface area contributed by atoms with E-state index >= 15 is 0 Å². The van der Waals surface area contributed by atoms with Gasteiger partial charge >= 0.3 is 6.18 Å². The maximum absolute atomic E-state index is 13.0. The van der Waals surface area contributed by atoms with Gasteiger partial charge in [-0.2, -0.15) is 13.2 Å². The minimum Gasteiger partial charge on any atom is -0.439 e. The topological polar surface area (TPSA) is 62.5 Å². The Kier molecular flexibility index (Phi) is 8.99. The normalized spacial score (nSPS) is 19.8. The number of oxazole rings is 1. The lowest BCUT2D eigenvalue weighted by Crippen LogP contribution is -2.46. The lowest BCUT2D eigenvalue weighted by atomic mass is 9.85. The van der Waals surface area contributed by atoms with Crippen LogP contribution in [0.5, 0.6) is 0 Å². The number of aryl methyl sites for hydroxylation is 1. The third kappa shape index (κ3) is 6.88. The highest BCUT2D eigenvalue weighted by Crippen LogP contribution is 2.37. The van der Waals surface area contributed by atoms with E-state index in [9.17, 15) is 13.2 Å². The van der Waals surface area contributed by atoms with Crippen LogP contribution < -0.4 is 10.6 Å². The van der Waals surface area contributed by atoms with Crippen LogP contribution in [0.2, 0.25) is 0 Å². The maximum atomic E-state index is 13.0. The van der Waals surface area contributed by atoms with Crippen molar-refractivity contribution >= 4 is 29.9 Å². The van der Waals surface area contributed by atoms with Crippen molar-refractivity contribution in [3.8, 4) is 11.3 Å². The van der Waals surface area contributed by atoms with Gasteiger partial charge in [0.15, 0.2) is 11.7 Å². The van der Waals surface area contributed by atoms with Crippen molar-refractivity contribution in [3.05, 3.63) is 41.9 Å². The zero-order valence-electron chi connectivity index (χ0n) is 17.1. The van der Waals surface area contributed by atoms with Crippen LogP contribution in [0.15, 0.2) is 39.9 Å². The van der Waals surface area contributed by atoms with Gasteiger partial charge in [-0.05, 0) is 33.1 Å². The third-order valence-electron chi connectivity index (χ3n) is 5.08. The van der Waals surface area contributed by atoms with Crippen molar-refractivity contribution in [2.45, 2.75) is 58.3 Å². The average molecular weight is 536 g/mol. The summed E-state index contributed by atoms with van der Waals surface area (Å²) in [5.74, 6) is 0.346. The summed E-state index contributed by atoms with van der Waals surface area (Å²) in [6, 6.07) is 7.69. The summed E-state index contributed by atoms with van der Waals surface area (Å²) in [4.78, 5) is 8.70. The number of rotatable bonds is 5. The molecule has 0 aliphatic heterocycles. The fourth-order valence-corrected chi connectivity index (χ4v) is 3.51. The van der Waals surface area contributed by atoms with E-state index in [0.29, 0.717) is 37.0 Å². The number of aliphatic imine (C=N–C) groups is 1. The lowest BCUT2D eigenvalue weighted by molar-refractivity contribution is -0.183. The van der Waals surface area contributed by atoms with Crippen LogP contribution in [0.4, 0.5) is 13.2 Å². The number of hydrogen-bond donors (Lipinski definition) is 2. The highest BCUT2D eigenvalue weighted by molar-refractivity contribution is 14.0. The van der Waals surface area contributed by atoms with E-state index < -0.39 is 12.1 Å². The molecule has 2 N–H and O–H groups in total. The van der Waals surface area contributed by atoms with E-state index in [4.69, 9.17) is 4.42 Å². The van der Waals surface area contributed by atoms with Gasteiger partial charge in [-0.3, -0.25) is 0 Å². The number of nitrogens with zero attached hydrogens (tertiary/aromatic N) is 2. The second-order valence-electron chi connectivity index (χ2n) is 7.43. The molecule has 2 atom stereocenters. The number of nitrogens with one attached hydrogen (secondary N) is 2. The van der Waals surface area contributed by atoms with Crippen molar-refractivity contribution in [1.29, 1.82) is 0 Å². The lowest BCUT2D eigenvalue weighted by Gasteiger charge is -2.31. The molecule has 0 radical (unpaired) electrons. The molecule has 166 valence electrons. The molecular weight excluding hydrogens is 508 g/mol. The Hall–Kier alpha value is -1.78. The van der Waals surface area contributed by atoms with Crippen molar-refractivity contribution < 1.29 is 17.6 Å². The van der Waals surface area contributed by atoms with Crippen molar-refractivity contribution in [2.75, 3.05) is 6.54 Å². The summed E-state index contributed by atoms with van der Waals surface area (Å²) in [5, 5.41) is 6.23. The largest absolute Gasteiger partial charge is 0.439 e. The van der Waals surface area contributed by atoms with Crippen LogP contribution in [-0.2, 0) is 6.54 Å². The van der Waals surface area contributed by atoms with E-state index in [1.807, 2.05) is 38.1 Å². The summed E-state index contributed by atoms with van der Waals surface area (Å²) in [6.45, 7) is 4.75. The quantitative estimate of drug-likeness (QED) is 0.304. The minimum absolute atomic E-state index is 0. The van der Waals surface area contributed by atoms with Gasteiger partial charge in [-0.1, -0.05) is 36.2 Å². The standard InChI is InChI=1S/C21H27F3N4O.HI/c1-3-25-20(28-17-6-4-5-16(11-17)21(22,23)24)27-13-19-26-12-18(29-19)15-9-7-14(2)8-10-15;/h7-10,12,16-17H,3-6,11,13H2,1-2H3,(H2,25,27,28);1H. The molecule has 5 nitrogen and oxygen atoms in total. The molecule has 2 unspecified atom stereocenters. The highest BCUT2D eigenvalue weighted by Gasteiger charge is 2.42. The highest BCUT2D eigenvalue weighted by atomic mass is 127. The summed E-state index contributed by atoms with van der Waals surface area (Å²) in [6.07, 6.45) is -0.947.